The standard InChI is InChI=1S/C13H16FN3O3.ClH/c1-15-9-4-6-16(7-5-9)13(18)11-3-2-10(17(19)20)8-12(11)14;/h2-3,8-9,15H,4-7H2,1H3;1H. The highest BCUT2D eigenvalue weighted by Gasteiger charge is 2.25. The van der Waals surface area contributed by atoms with Crippen LogP contribution in [0.5, 0.6) is 0 Å². The zero-order valence-electron chi connectivity index (χ0n) is 11.5. The van der Waals surface area contributed by atoms with Gasteiger partial charge in [0, 0.05) is 25.2 Å². The molecule has 8 heteroatoms. The van der Waals surface area contributed by atoms with Gasteiger partial charge in [0.05, 0.1) is 16.6 Å². The fraction of sp³-hybridized carbons (Fsp3) is 0.462. The van der Waals surface area contributed by atoms with E-state index < -0.39 is 16.6 Å². The lowest BCUT2D eigenvalue weighted by molar-refractivity contribution is -0.385. The molecule has 0 bridgehead atoms. The van der Waals surface area contributed by atoms with Crippen LogP contribution in [0, 0.1) is 15.9 Å². The van der Waals surface area contributed by atoms with Crippen LogP contribution in [0.25, 0.3) is 0 Å². The largest absolute Gasteiger partial charge is 0.338 e. The smallest absolute Gasteiger partial charge is 0.272 e. The zero-order valence-corrected chi connectivity index (χ0v) is 12.4. The Morgan fingerprint density at radius 1 is 1.43 bits per heavy atom. The number of amides is 1. The Morgan fingerprint density at radius 2 is 2.05 bits per heavy atom. The van der Waals surface area contributed by atoms with Crippen molar-refractivity contribution in [2.24, 2.45) is 0 Å². The van der Waals surface area contributed by atoms with E-state index in [-0.39, 0.29) is 23.7 Å². The number of benzene rings is 1. The van der Waals surface area contributed by atoms with Gasteiger partial charge >= 0.3 is 0 Å². The highest BCUT2D eigenvalue weighted by molar-refractivity contribution is 5.94. The van der Waals surface area contributed by atoms with Gasteiger partial charge in [-0.1, -0.05) is 0 Å². The van der Waals surface area contributed by atoms with Crippen LogP contribution in [0.15, 0.2) is 18.2 Å². The van der Waals surface area contributed by atoms with Crippen LogP contribution < -0.4 is 5.32 Å². The number of nitro groups is 1. The minimum atomic E-state index is -0.847. The lowest BCUT2D eigenvalue weighted by Crippen LogP contribution is -2.44. The lowest BCUT2D eigenvalue weighted by Gasteiger charge is -2.31. The van der Waals surface area contributed by atoms with Gasteiger partial charge in [0.2, 0.25) is 0 Å². The maximum atomic E-state index is 13.8. The minimum Gasteiger partial charge on any atom is -0.338 e. The summed E-state index contributed by atoms with van der Waals surface area (Å²) in [6.45, 7) is 1.11. The monoisotopic (exact) mass is 317 g/mol. The summed E-state index contributed by atoms with van der Waals surface area (Å²) >= 11 is 0. The van der Waals surface area contributed by atoms with Crippen molar-refractivity contribution in [1.29, 1.82) is 0 Å². The number of halogens is 2. The maximum absolute atomic E-state index is 13.8. The average molecular weight is 318 g/mol. The molecule has 1 N–H and O–H groups in total. The third kappa shape index (κ3) is 3.89. The van der Waals surface area contributed by atoms with E-state index in [1.165, 1.54) is 6.07 Å². The van der Waals surface area contributed by atoms with Crippen molar-refractivity contribution in [2.45, 2.75) is 18.9 Å². The molecule has 0 aliphatic carbocycles. The number of carbonyl (C=O) groups is 1. The van der Waals surface area contributed by atoms with E-state index in [0.29, 0.717) is 19.1 Å². The number of rotatable bonds is 3. The van der Waals surface area contributed by atoms with Gasteiger partial charge in [0.25, 0.3) is 11.6 Å². The Labute approximate surface area is 127 Å². The quantitative estimate of drug-likeness (QED) is 0.683. The van der Waals surface area contributed by atoms with Crippen molar-refractivity contribution in [1.82, 2.24) is 10.2 Å². The molecule has 1 aliphatic heterocycles. The maximum Gasteiger partial charge on any atom is 0.272 e. The second kappa shape index (κ2) is 7.33. The first kappa shape index (κ1) is 17.3. The first-order valence-electron chi connectivity index (χ1n) is 6.43. The molecule has 2 rings (SSSR count). The Bertz CT molecular complexity index is 533. The van der Waals surface area contributed by atoms with Crippen molar-refractivity contribution in [3.63, 3.8) is 0 Å². The number of carbonyl (C=O) groups excluding carboxylic acids is 1. The predicted octanol–water partition coefficient (Wildman–Crippen LogP) is 1.98. The topological polar surface area (TPSA) is 75.5 Å². The van der Waals surface area contributed by atoms with Crippen LogP contribution in [0.1, 0.15) is 23.2 Å². The van der Waals surface area contributed by atoms with Crippen LogP contribution in [0.2, 0.25) is 0 Å². The lowest BCUT2D eigenvalue weighted by atomic mass is 10.0. The molecule has 0 unspecified atom stereocenters. The summed E-state index contributed by atoms with van der Waals surface area (Å²) in [7, 11) is 1.87. The van der Waals surface area contributed by atoms with Gasteiger partial charge in [-0.15, -0.1) is 12.4 Å². The molecule has 0 saturated carbocycles. The third-order valence-corrected chi connectivity index (χ3v) is 3.58. The SMILES string of the molecule is CNC1CCN(C(=O)c2ccc([N+](=O)[O-])cc2F)CC1.Cl. The Hall–Kier alpha value is -1.73. The van der Waals surface area contributed by atoms with Gasteiger partial charge in [0.15, 0.2) is 0 Å². The van der Waals surface area contributed by atoms with Crippen molar-refractivity contribution in [2.75, 3.05) is 20.1 Å². The highest BCUT2D eigenvalue weighted by Crippen LogP contribution is 2.20. The molecule has 6 nitrogen and oxygen atoms in total. The molecule has 1 saturated heterocycles. The van der Waals surface area contributed by atoms with Crippen LogP contribution >= 0.6 is 12.4 Å². The molecule has 0 atom stereocenters. The number of piperidine rings is 1. The Balaban J connectivity index is 0.00000220. The van der Waals surface area contributed by atoms with Crippen LogP contribution in [-0.2, 0) is 0 Å². The summed E-state index contributed by atoms with van der Waals surface area (Å²) in [6, 6.07) is 3.49. The van der Waals surface area contributed by atoms with Gasteiger partial charge in [-0.2, -0.15) is 0 Å². The number of hydrogen-bond donors (Lipinski definition) is 1. The van der Waals surface area contributed by atoms with E-state index in [9.17, 15) is 19.3 Å². The minimum absolute atomic E-state index is 0. The highest BCUT2D eigenvalue weighted by atomic mass is 35.5. The molecule has 1 heterocycles. The molecular weight excluding hydrogens is 301 g/mol. The van der Waals surface area contributed by atoms with Crippen molar-refractivity contribution in [3.8, 4) is 0 Å². The summed E-state index contributed by atoms with van der Waals surface area (Å²) in [5.41, 5.74) is -0.466. The molecule has 0 spiro atoms. The fourth-order valence-corrected chi connectivity index (χ4v) is 2.33. The summed E-state index contributed by atoms with van der Waals surface area (Å²) in [6.07, 6.45) is 1.63. The summed E-state index contributed by atoms with van der Waals surface area (Å²) in [5, 5.41) is 13.7. The average Bonchev–Trinajstić information content (AvgIpc) is 2.46. The molecular formula is C13H17ClFN3O3. The molecule has 0 aromatic heterocycles. The van der Waals surface area contributed by atoms with E-state index in [1.807, 2.05) is 7.05 Å². The van der Waals surface area contributed by atoms with Crippen molar-refractivity contribution >= 4 is 24.0 Å². The summed E-state index contributed by atoms with van der Waals surface area (Å²) in [4.78, 5) is 23.6. The van der Waals surface area contributed by atoms with E-state index >= 15 is 0 Å². The van der Waals surface area contributed by atoms with Gasteiger partial charge in [-0.3, -0.25) is 14.9 Å². The number of nitrogens with zero attached hydrogens (tertiary/aromatic N) is 2. The molecule has 1 aromatic rings. The number of nitrogens with one attached hydrogen (secondary N) is 1. The molecule has 21 heavy (non-hydrogen) atoms. The van der Waals surface area contributed by atoms with Crippen LogP contribution in [0.4, 0.5) is 10.1 Å². The van der Waals surface area contributed by atoms with E-state index in [0.717, 1.165) is 25.0 Å². The molecule has 116 valence electrons. The predicted molar refractivity (Wildman–Crippen MR) is 78.3 cm³/mol. The van der Waals surface area contributed by atoms with Crippen LogP contribution in [0.3, 0.4) is 0 Å². The normalized spacial score (nSPS) is 15.4. The van der Waals surface area contributed by atoms with E-state index in [1.54, 1.807) is 4.90 Å². The van der Waals surface area contributed by atoms with Gasteiger partial charge in [-0.05, 0) is 26.0 Å². The molecule has 1 amide bonds. The van der Waals surface area contributed by atoms with Gasteiger partial charge in [-0.25, -0.2) is 4.39 Å². The summed E-state index contributed by atoms with van der Waals surface area (Å²) < 4.78 is 13.8. The Morgan fingerprint density at radius 3 is 2.52 bits per heavy atom. The molecule has 1 fully saturated rings. The number of likely N-dealkylation sites (tertiary alicyclic amines) is 1. The number of non-ortho nitro benzene ring substituents is 1. The molecule has 1 aliphatic rings. The van der Waals surface area contributed by atoms with E-state index in [4.69, 9.17) is 0 Å². The van der Waals surface area contributed by atoms with E-state index in [2.05, 4.69) is 5.32 Å². The third-order valence-electron chi connectivity index (χ3n) is 3.58. The summed E-state index contributed by atoms with van der Waals surface area (Å²) in [5.74, 6) is -1.26. The molecule has 0 radical (unpaired) electrons. The van der Waals surface area contributed by atoms with Gasteiger partial charge < -0.3 is 10.2 Å². The number of hydrogen-bond acceptors (Lipinski definition) is 4. The second-order valence-electron chi connectivity index (χ2n) is 4.78. The first-order chi connectivity index (χ1) is 9.52. The first-order valence-corrected chi connectivity index (χ1v) is 6.43. The fourth-order valence-electron chi connectivity index (χ4n) is 2.33. The van der Waals surface area contributed by atoms with Crippen molar-refractivity contribution in [3.05, 3.63) is 39.7 Å². The number of nitro benzene ring substituents is 1. The van der Waals surface area contributed by atoms with Crippen LogP contribution in [-0.4, -0.2) is 41.9 Å². The van der Waals surface area contributed by atoms with Crippen molar-refractivity contribution < 1.29 is 14.1 Å². The second-order valence-corrected chi connectivity index (χ2v) is 4.78. The van der Waals surface area contributed by atoms with Gasteiger partial charge in [0.1, 0.15) is 5.82 Å². The zero-order chi connectivity index (χ0) is 14.7. The molecule has 1 aromatic carbocycles. The Kier molecular flexibility index (Phi) is 6.04.